The second kappa shape index (κ2) is 11.0. The summed E-state index contributed by atoms with van der Waals surface area (Å²) in [5, 5.41) is 0. The number of aryl methyl sites for hydroxylation is 1. The summed E-state index contributed by atoms with van der Waals surface area (Å²) in [4.78, 5) is 0. The van der Waals surface area contributed by atoms with Gasteiger partial charge in [0.15, 0.2) is 0 Å². The fourth-order valence-corrected chi connectivity index (χ4v) is 15.7. The van der Waals surface area contributed by atoms with Gasteiger partial charge >= 0.3 is 263 Å². The van der Waals surface area contributed by atoms with Crippen LogP contribution in [0.4, 0.5) is 0 Å². The first-order valence-corrected chi connectivity index (χ1v) is 19.2. The molecule has 4 aromatic carbocycles. The van der Waals surface area contributed by atoms with E-state index in [0.29, 0.717) is 0 Å². The Hall–Kier alpha value is -2.89. The van der Waals surface area contributed by atoms with Crippen LogP contribution in [0.1, 0.15) is 92.5 Å². The van der Waals surface area contributed by atoms with Gasteiger partial charge in [-0.1, -0.05) is 0 Å². The molecule has 0 bridgehead atoms. The van der Waals surface area contributed by atoms with Crippen LogP contribution in [0, 0.1) is 13.8 Å². The molecule has 6 rings (SSSR count). The molecule has 0 spiro atoms. The number of allylic oxidation sites excluding steroid dienone is 4. The van der Waals surface area contributed by atoms with Gasteiger partial charge < -0.3 is 0 Å². The van der Waals surface area contributed by atoms with E-state index in [-0.39, 0.29) is 10.8 Å². The quantitative estimate of drug-likeness (QED) is 0.186. The van der Waals surface area contributed by atoms with Gasteiger partial charge in [0.2, 0.25) is 0 Å². The molecule has 0 unspecified atom stereocenters. The Labute approximate surface area is 261 Å². The summed E-state index contributed by atoms with van der Waals surface area (Å²) in [6, 6.07) is 30.2. The molecule has 212 valence electrons. The molecular formula is C41H44Zr. The van der Waals surface area contributed by atoms with Crippen LogP contribution in [0.2, 0.25) is 0 Å². The normalized spacial score (nSPS) is 14.0. The Morgan fingerprint density at radius 2 is 1.26 bits per heavy atom. The summed E-state index contributed by atoms with van der Waals surface area (Å²) in [6.07, 6.45) is 9.27. The predicted octanol–water partition coefficient (Wildman–Crippen LogP) is 9.83. The van der Waals surface area contributed by atoms with Gasteiger partial charge in [-0.25, -0.2) is 0 Å². The van der Waals surface area contributed by atoms with Crippen LogP contribution in [-0.2, 0) is 38.5 Å². The van der Waals surface area contributed by atoms with E-state index in [4.69, 9.17) is 0 Å². The average molecular weight is 628 g/mol. The van der Waals surface area contributed by atoms with Crippen LogP contribution in [0.5, 0.6) is 0 Å². The number of hydrogen-bond acceptors (Lipinski definition) is 0. The van der Waals surface area contributed by atoms with Crippen molar-refractivity contribution in [3.05, 3.63) is 145 Å². The van der Waals surface area contributed by atoms with Crippen molar-refractivity contribution in [3.8, 4) is 11.1 Å². The first-order chi connectivity index (χ1) is 19.9. The molecule has 0 saturated carbocycles. The van der Waals surface area contributed by atoms with Gasteiger partial charge in [-0.2, -0.15) is 0 Å². The Balaban J connectivity index is 1.77. The SMILES string of the molecule is Cc1cc2c(cc1C(C)(C)C)-c1cc(C(C)(C)C)c(C)[c]([Zr]([C]3=CC=CC3)=[C](c3ccccc3)c3ccccc3)c1C2. The summed E-state index contributed by atoms with van der Waals surface area (Å²) >= 11 is -2.72. The predicted molar refractivity (Wildman–Crippen MR) is 179 cm³/mol. The first-order valence-electron chi connectivity index (χ1n) is 15.5. The van der Waals surface area contributed by atoms with E-state index in [9.17, 15) is 0 Å². The topological polar surface area (TPSA) is 0 Å². The third kappa shape index (κ3) is 5.24. The van der Waals surface area contributed by atoms with E-state index in [1.165, 1.54) is 50.1 Å². The number of hydrogen-bond donors (Lipinski definition) is 0. The fourth-order valence-electron chi connectivity index (χ4n) is 7.28. The molecule has 0 aliphatic heterocycles. The van der Waals surface area contributed by atoms with Crippen molar-refractivity contribution in [2.45, 2.75) is 79.1 Å². The summed E-state index contributed by atoms with van der Waals surface area (Å²) in [5.74, 6) is 0. The van der Waals surface area contributed by atoms with E-state index in [1.54, 1.807) is 15.3 Å². The minimum absolute atomic E-state index is 0.0599. The molecule has 0 N–H and O–H groups in total. The van der Waals surface area contributed by atoms with E-state index in [1.807, 2.05) is 0 Å². The van der Waals surface area contributed by atoms with Gasteiger partial charge in [0, 0.05) is 0 Å². The molecule has 0 radical (unpaired) electrons. The Morgan fingerprint density at radius 3 is 1.79 bits per heavy atom. The van der Waals surface area contributed by atoms with Gasteiger partial charge in [0.25, 0.3) is 0 Å². The zero-order valence-corrected chi connectivity index (χ0v) is 29.1. The molecule has 0 amide bonds. The summed E-state index contributed by atoms with van der Waals surface area (Å²) in [5.41, 5.74) is 15.0. The van der Waals surface area contributed by atoms with Crippen molar-refractivity contribution in [2.75, 3.05) is 0 Å². The standard InChI is InChI=1S/C23H29.C13H10.C5H5.Zr/c1-14-9-16-11-17-10-15(2)21(23(6,7)8)13-19(17)18(16)12-20(14)22(3,4)5;1-3-7-12(8-4-1)11-13-9-5-2-6-10-13;1-2-4-5-3-1;/h9,12-13H,11H2,1-8H3;1-10H;1-3H,4H2;. The molecule has 0 saturated heterocycles. The Bertz CT molecular complexity index is 1720. The molecule has 0 nitrogen and oxygen atoms in total. The van der Waals surface area contributed by atoms with Gasteiger partial charge in [-0.05, 0) is 0 Å². The number of fused-ring (bicyclic) bond motifs is 3. The zero-order chi connectivity index (χ0) is 29.8. The molecule has 2 aliphatic rings. The maximum atomic E-state index is 2.58. The van der Waals surface area contributed by atoms with Crippen LogP contribution >= 0.6 is 0 Å². The molecule has 42 heavy (non-hydrogen) atoms. The number of benzene rings is 4. The first kappa shape index (κ1) is 29.2. The van der Waals surface area contributed by atoms with Crippen molar-refractivity contribution >= 4 is 6.48 Å². The summed E-state index contributed by atoms with van der Waals surface area (Å²) in [7, 11) is 0. The molecule has 1 heteroatoms. The summed E-state index contributed by atoms with van der Waals surface area (Å²) < 4.78 is 5.00. The van der Waals surface area contributed by atoms with Crippen molar-refractivity contribution in [1.29, 1.82) is 0 Å². The zero-order valence-electron chi connectivity index (χ0n) is 26.7. The second-order valence-corrected chi connectivity index (χ2v) is 20.1. The van der Waals surface area contributed by atoms with Gasteiger partial charge in [0.1, 0.15) is 0 Å². The Kier molecular flexibility index (Phi) is 7.64. The molecule has 0 heterocycles. The van der Waals surface area contributed by atoms with Crippen LogP contribution in [0.25, 0.3) is 11.1 Å². The molecule has 0 fully saturated rings. The molecule has 4 aromatic rings. The van der Waals surface area contributed by atoms with Crippen molar-refractivity contribution in [3.63, 3.8) is 0 Å². The van der Waals surface area contributed by atoms with Crippen molar-refractivity contribution < 1.29 is 21.3 Å². The van der Waals surface area contributed by atoms with Crippen LogP contribution in [0.3, 0.4) is 0 Å². The molecule has 2 aliphatic carbocycles. The molecule has 0 aromatic heterocycles. The minimum atomic E-state index is -2.72. The summed E-state index contributed by atoms with van der Waals surface area (Å²) in [6.45, 7) is 19.0. The van der Waals surface area contributed by atoms with Gasteiger partial charge in [-0.15, -0.1) is 0 Å². The van der Waals surface area contributed by atoms with Crippen LogP contribution in [0.15, 0.2) is 100 Å². The van der Waals surface area contributed by atoms with Crippen molar-refractivity contribution in [1.82, 2.24) is 0 Å². The molecular weight excluding hydrogens is 584 g/mol. The molecule has 0 atom stereocenters. The third-order valence-corrected chi connectivity index (χ3v) is 17.2. The van der Waals surface area contributed by atoms with Gasteiger partial charge in [-0.3, -0.25) is 0 Å². The van der Waals surface area contributed by atoms with Crippen molar-refractivity contribution in [2.24, 2.45) is 0 Å². The van der Waals surface area contributed by atoms with E-state index < -0.39 is 21.3 Å². The van der Waals surface area contributed by atoms with Crippen LogP contribution in [-0.4, -0.2) is 3.21 Å². The third-order valence-electron chi connectivity index (χ3n) is 9.14. The fraction of sp³-hybridized carbons (Fsp3) is 0.293. The van der Waals surface area contributed by atoms with E-state index in [0.717, 1.165) is 12.8 Å². The average Bonchev–Trinajstić information content (AvgIpc) is 3.59. The van der Waals surface area contributed by atoms with Crippen LogP contribution < -0.4 is 3.27 Å². The van der Waals surface area contributed by atoms with E-state index >= 15 is 0 Å². The van der Waals surface area contributed by atoms with E-state index in [2.05, 4.69) is 152 Å². The maximum absolute atomic E-state index is 2.72. The Morgan fingerprint density at radius 1 is 0.690 bits per heavy atom. The monoisotopic (exact) mass is 626 g/mol. The van der Waals surface area contributed by atoms with Gasteiger partial charge in [0.05, 0.1) is 0 Å². The second-order valence-electron chi connectivity index (χ2n) is 14.3. The number of rotatable bonds is 4.